The molecule has 0 aliphatic carbocycles. The molecule has 1 N–H and O–H groups in total. The van der Waals surface area contributed by atoms with Gasteiger partial charge in [0.15, 0.2) is 0 Å². The molecule has 5 nitrogen and oxygen atoms in total. The Hall–Kier alpha value is -2.21. The first-order valence-corrected chi connectivity index (χ1v) is 6.97. The summed E-state index contributed by atoms with van der Waals surface area (Å²) in [6.45, 7) is 5.34. The van der Waals surface area contributed by atoms with Gasteiger partial charge in [-0.25, -0.2) is 4.39 Å². The Morgan fingerprint density at radius 2 is 1.86 bits per heavy atom. The number of anilines is 1. The van der Waals surface area contributed by atoms with Crippen LogP contribution in [0, 0.1) is 12.7 Å². The highest BCUT2D eigenvalue weighted by atomic mass is 19.1. The zero-order chi connectivity index (χ0) is 14.8. The largest absolute Gasteiger partial charge is 0.367 e. The summed E-state index contributed by atoms with van der Waals surface area (Å²) < 4.78 is 14.3. The van der Waals surface area contributed by atoms with Crippen LogP contribution in [0.4, 0.5) is 10.1 Å². The maximum absolute atomic E-state index is 13.0. The number of nitrogens with one attached hydrogen (secondary N) is 1. The molecule has 2 heterocycles. The van der Waals surface area contributed by atoms with Gasteiger partial charge in [0, 0.05) is 31.7 Å². The number of benzene rings is 1. The van der Waals surface area contributed by atoms with Crippen LogP contribution >= 0.6 is 0 Å². The molecule has 0 spiro atoms. The van der Waals surface area contributed by atoms with Gasteiger partial charge in [-0.3, -0.25) is 4.79 Å². The van der Waals surface area contributed by atoms with Crippen molar-refractivity contribution in [3.05, 3.63) is 52.2 Å². The second-order valence-corrected chi connectivity index (χ2v) is 5.09. The second kappa shape index (κ2) is 5.65. The van der Waals surface area contributed by atoms with Gasteiger partial charge >= 0.3 is 0 Å². The quantitative estimate of drug-likeness (QED) is 0.899. The van der Waals surface area contributed by atoms with E-state index in [-0.39, 0.29) is 11.4 Å². The van der Waals surface area contributed by atoms with Crippen LogP contribution in [-0.4, -0.2) is 36.0 Å². The summed E-state index contributed by atoms with van der Waals surface area (Å²) in [5.41, 5.74) is 1.94. The van der Waals surface area contributed by atoms with Crippen molar-refractivity contribution in [3.63, 3.8) is 0 Å². The van der Waals surface area contributed by atoms with Crippen molar-refractivity contribution in [2.75, 3.05) is 31.1 Å². The molecule has 0 unspecified atom stereocenters. The minimum Gasteiger partial charge on any atom is -0.367 e. The molecule has 0 atom stereocenters. The Kier molecular flexibility index (Phi) is 3.70. The lowest BCUT2D eigenvalue weighted by molar-refractivity contribution is 0.585. The molecule has 1 fully saturated rings. The smallest absolute Gasteiger partial charge is 0.276 e. The molecule has 6 heteroatoms. The van der Waals surface area contributed by atoms with E-state index in [1.54, 1.807) is 25.3 Å². The van der Waals surface area contributed by atoms with E-state index in [0.717, 1.165) is 31.9 Å². The van der Waals surface area contributed by atoms with E-state index in [4.69, 9.17) is 0 Å². The zero-order valence-electron chi connectivity index (χ0n) is 11.8. The molecule has 0 radical (unpaired) electrons. The van der Waals surface area contributed by atoms with Gasteiger partial charge in [0.2, 0.25) is 0 Å². The van der Waals surface area contributed by atoms with E-state index in [1.807, 2.05) is 0 Å². The summed E-state index contributed by atoms with van der Waals surface area (Å²) in [5, 5.41) is 7.51. The van der Waals surface area contributed by atoms with Gasteiger partial charge in [-0.05, 0) is 31.2 Å². The molecule has 0 amide bonds. The van der Waals surface area contributed by atoms with E-state index < -0.39 is 0 Å². The molecule has 1 aliphatic rings. The number of rotatable bonds is 2. The van der Waals surface area contributed by atoms with Gasteiger partial charge in [-0.2, -0.15) is 9.78 Å². The molecule has 1 aromatic carbocycles. The van der Waals surface area contributed by atoms with Gasteiger partial charge < -0.3 is 10.2 Å². The minimum atomic E-state index is -0.332. The molecule has 0 saturated carbocycles. The lowest BCUT2D eigenvalue weighted by atomic mass is 10.2. The van der Waals surface area contributed by atoms with E-state index in [0.29, 0.717) is 11.3 Å². The first-order valence-electron chi connectivity index (χ1n) is 6.97. The molecule has 1 aliphatic heterocycles. The van der Waals surface area contributed by atoms with Crippen molar-refractivity contribution < 1.29 is 4.39 Å². The Morgan fingerprint density at radius 1 is 1.19 bits per heavy atom. The fourth-order valence-electron chi connectivity index (χ4n) is 2.52. The predicted octanol–water partition coefficient (Wildman–Crippen LogP) is 1.09. The monoisotopic (exact) mass is 288 g/mol. The number of nitrogens with zero attached hydrogens (tertiary/aromatic N) is 3. The summed E-state index contributed by atoms with van der Waals surface area (Å²) in [4.78, 5) is 14.6. The molecule has 110 valence electrons. The lowest BCUT2D eigenvalue weighted by Gasteiger charge is -2.30. The predicted molar refractivity (Wildman–Crippen MR) is 79.6 cm³/mol. The van der Waals surface area contributed by atoms with Crippen LogP contribution in [0.5, 0.6) is 0 Å². The fraction of sp³-hybridized carbons (Fsp3) is 0.333. The van der Waals surface area contributed by atoms with Gasteiger partial charge in [-0.1, -0.05) is 0 Å². The van der Waals surface area contributed by atoms with Crippen LogP contribution in [0.2, 0.25) is 0 Å². The first kappa shape index (κ1) is 13.8. The molecule has 3 rings (SSSR count). The van der Waals surface area contributed by atoms with Crippen molar-refractivity contribution in [1.82, 2.24) is 15.1 Å². The van der Waals surface area contributed by atoms with Crippen LogP contribution in [0.3, 0.4) is 0 Å². The summed E-state index contributed by atoms with van der Waals surface area (Å²) >= 11 is 0. The molecular weight excluding hydrogens is 271 g/mol. The zero-order valence-corrected chi connectivity index (χ0v) is 11.8. The first-order chi connectivity index (χ1) is 10.2. The molecule has 2 aromatic rings. The van der Waals surface area contributed by atoms with Crippen LogP contribution in [-0.2, 0) is 0 Å². The summed E-state index contributed by atoms with van der Waals surface area (Å²) in [6.07, 6.45) is 1.71. The SMILES string of the molecule is Cc1c(N2CCNCC2)cnn(-c2ccc(F)cc2)c1=O. The van der Waals surface area contributed by atoms with Crippen molar-refractivity contribution >= 4 is 5.69 Å². The third-order valence-corrected chi connectivity index (χ3v) is 3.72. The average Bonchev–Trinajstić information content (AvgIpc) is 2.52. The average molecular weight is 288 g/mol. The van der Waals surface area contributed by atoms with Gasteiger partial charge in [0.05, 0.1) is 17.6 Å². The highest BCUT2D eigenvalue weighted by Gasteiger charge is 2.16. The summed E-state index contributed by atoms with van der Waals surface area (Å²) in [5.74, 6) is -0.332. The van der Waals surface area contributed by atoms with Crippen LogP contribution in [0.15, 0.2) is 35.3 Å². The van der Waals surface area contributed by atoms with Crippen molar-refractivity contribution in [2.45, 2.75) is 6.92 Å². The van der Waals surface area contributed by atoms with Crippen molar-refractivity contribution in [1.29, 1.82) is 0 Å². The number of piperazine rings is 1. The Labute approximate surface area is 122 Å². The van der Waals surface area contributed by atoms with Crippen LogP contribution in [0.1, 0.15) is 5.56 Å². The van der Waals surface area contributed by atoms with E-state index in [1.165, 1.54) is 16.8 Å². The van der Waals surface area contributed by atoms with Crippen molar-refractivity contribution in [2.24, 2.45) is 0 Å². The normalized spacial score (nSPS) is 15.2. The summed E-state index contributed by atoms with van der Waals surface area (Å²) in [7, 11) is 0. The highest BCUT2D eigenvalue weighted by Crippen LogP contribution is 2.16. The summed E-state index contributed by atoms with van der Waals surface area (Å²) in [6, 6.07) is 5.74. The molecular formula is C15H17FN4O. The van der Waals surface area contributed by atoms with Crippen LogP contribution < -0.4 is 15.8 Å². The molecule has 21 heavy (non-hydrogen) atoms. The second-order valence-electron chi connectivity index (χ2n) is 5.09. The van der Waals surface area contributed by atoms with E-state index in [9.17, 15) is 9.18 Å². The molecule has 1 saturated heterocycles. The third kappa shape index (κ3) is 2.67. The van der Waals surface area contributed by atoms with Crippen molar-refractivity contribution in [3.8, 4) is 5.69 Å². The third-order valence-electron chi connectivity index (χ3n) is 3.72. The van der Waals surface area contributed by atoms with Gasteiger partial charge in [-0.15, -0.1) is 0 Å². The number of halogens is 1. The number of hydrogen-bond donors (Lipinski definition) is 1. The van der Waals surface area contributed by atoms with Gasteiger partial charge in [0.25, 0.3) is 5.56 Å². The highest BCUT2D eigenvalue weighted by molar-refractivity contribution is 5.51. The standard InChI is InChI=1S/C15H17FN4O/c1-11-14(19-8-6-17-7-9-19)10-18-20(15(11)21)13-4-2-12(16)3-5-13/h2-5,10,17H,6-9H2,1H3. The Bertz CT molecular complexity index is 690. The molecule has 0 bridgehead atoms. The number of hydrogen-bond acceptors (Lipinski definition) is 4. The maximum atomic E-state index is 13.0. The maximum Gasteiger partial charge on any atom is 0.276 e. The van der Waals surface area contributed by atoms with E-state index in [2.05, 4.69) is 15.3 Å². The lowest BCUT2D eigenvalue weighted by Crippen LogP contribution is -2.44. The van der Waals surface area contributed by atoms with E-state index >= 15 is 0 Å². The minimum absolute atomic E-state index is 0.169. The Balaban J connectivity index is 2.00. The fourth-order valence-corrected chi connectivity index (χ4v) is 2.52. The van der Waals surface area contributed by atoms with Crippen LogP contribution in [0.25, 0.3) is 5.69 Å². The Morgan fingerprint density at radius 3 is 2.52 bits per heavy atom. The number of aromatic nitrogens is 2. The molecule has 1 aromatic heterocycles. The van der Waals surface area contributed by atoms with Gasteiger partial charge in [0.1, 0.15) is 5.82 Å². The topological polar surface area (TPSA) is 50.2 Å².